The predicted octanol–water partition coefficient (Wildman–Crippen LogP) is 2.44. The Bertz CT molecular complexity index is 132. The first-order valence-corrected chi connectivity index (χ1v) is 4.67. The van der Waals surface area contributed by atoms with Crippen molar-refractivity contribution in [3.8, 4) is 0 Å². The van der Waals surface area contributed by atoms with Gasteiger partial charge in [0.25, 0.3) is 0 Å². The van der Waals surface area contributed by atoms with Crippen LogP contribution in [0.2, 0.25) is 0 Å². The topological polar surface area (TPSA) is 3.24 Å². The van der Waals surface area contributed by atoms with Crippen LogP contribution in [0.5, 0.6) is 0 Å². The molecule has 1 heterocycles. The van der Waals surface area contributed by atoms with Gasteiger partial charge in [-0.15, -0.1) is 0 Å². The van der Waals surface area contributed by atoms with Gasteiger partial charge in [0.05, 0.1) is 0 Å². The first-order valence-electron chi connectivity index (χ1n) is 4.67. The summed E-state index contributed by atoms with van der Waals surface area (Å²) in [5.41, 5.74) is 1.51. The second-order valence-electron chi connectivity index (χ2n) is 3.47. The Morgan fingerprint density at radius 1 is 1.27 bits per heavy atom. The molecule has 64 valence electrons. The summed E-state index contributed by atoms with van der Waals surface area (Å²) < 4.78 is 0. The van der Waals surface area contributed by atoms with Crippen molar-refractivity contribution in [2.24, 2.45) is 0 Å². The van der Waals surface area contributed by atoms with Gasteiger partial charge in [0.2, 0.25) is 0 Å². The van der Waals surface area contributed by atoms with Crippen LogP contribution < -0.4 is 0 Å². The molecule has 0 atom stereocenters. The highest BCUT2D eigenvalue weighted by Crippen LogP contribution is 2.09. The van der Waals surface area contributed by atoms with E-state index in [-0.39, 0.29) is 0 Å². The second kappa shape index (κ2) is 4.55. The molecule has 1 rings (SSSR count). The van der Waals surface area contributed by atoms with Crippen LogP contribution in [-0.2, 0) is 0 Å². The van der Waals surface area contributed by atoms with Gasteiger partial charge in [-0.2, -0.15) is 0 Å². The zero-order valence-corrected chi connectivity index (χ0v) is 7.77. The number of likely N-dealkylation sites (tertiary alicyclic amines) is 1. The zero-order valence-electron chi connectivity index (χ0n) is 7.77. The number of allylic oxidation sites excluding steroid dienone is 1. The van der Waals surface area contributed by atoms with Crippen LogP contribution in [0.3, 0.4) is 0 Å². The summed E-state index contributed by atoms with van der Waals surface area (Å²) in [5, 5.41) is 0. The molecule has 1 saturated heterocycles. The Hall–Kier alpha value is -0.300. The number of piperidine rings is 1. The van der Waals surface area contributed by atoms with Gasteiger partial charge in [-0.1, -0.05) is 18.1 Å². The van der Waals surface area contributed by atoms with Crippen LogP contribution in [-0.4, -0.2) is 24.5 Å². The van der Waals surface area contributed by atoms with E-state index in [1.54, 1.807) is 0 Å². The molecule has 11 heavy (non-hydrogen) atoms. The van der Waals surface area contributed by atoms with Gasteiger partial charge in [0.1, 0.15) is 0 Å². The molecular formula is C10H19N. The van der Waals surface area contributed by atoms with Crippen molar-refractivity contribution in [2.75, 3.05) is 19.6 Å². The molecule has 1 fully saturated rings. The van der Waals surface area contributed by atoms with E-state index in [9.17, 15) is 0 Å². The summed E-state index contributed by atoms with van der Waals surface area (Å²) in [6, 6.07) is 0. The third kappa shape index (κ3) is 3.06. The summed E-state index contributed by atoms with van der Waals surface area (Å²) in [7, 11) is 0. The van der Waals surface area contributed by atoms with Gasteiger partial charge in [0.15, 0.2) is 0 Å². The van der Waals surface area contributed by atoms with Crippen LogP contribution in [0.4, 0.5) is 0 Å². The Morgan fingerprint density at radius 2 is 1.91 bits per heavy atom. The lowest BCUT2D eigenvalue weighted by atomic mass is 10.1. The molecule has 0 spiro atoms. The third-order valence-corrected chi connectivity index (χ3v) is 2.41. The number of nitrogens with zero attached hydrogens (tertiary/aromatic N) is 1. The summed E-state index contributed by atoms with van der Waals surface area (Å²) in [5.74, 6) is 0. The molecule has 0 radical (unpaired) electrons. The van der Waals surface area contributed by atoms with Gasteiger partial charge in [-0.3, -0.25) is 4.90 Å². The van der Waals surface area contributed by atoms with Crippen molar-refractivity contribution in [3.05, 3.63) is 11.6 Å². The molecule has 0 N–H and O–H groups in total. The molecule has 0 amide bonds. The van der Waals surface area contributed by atoms with Crippen molar-refractivity contribution in [1.82, 2.24) is 4.90 Å². The lowest BCUT2D eigenvalue weighted by Gasteiger charge is -2.26. The average molecular weight is 153 g/mol. The molecule has 1 nitrogen and oxygen atoms in total. The van der Waals surface area contributed by atoms with Gasteiger partial charge < -0.3 is 0 Å². The normalized spacial score (nSPS) is 22.2. The van der Waals surface area contributed by atoms with E-state index in [1.807, 2.05) is 0 Å². The van der Waals surface area contributed by atoms with Crippen molar-refractivity contribution in [2.45, 2.75) is 33.1 Å². The van der Waals surface area contributed by atoms with E-state index in [0.717, 1.165) is 0 Å². The Labute approximate surface area is 70.1 Å². The first kappa shape index (κ1) is 8.79. The summed E-state index contributed by atoms with van der Waals surface area (Å²) in [6.07, 6.45) is 6.45. The number of hydrogen-bond donors (Lipinski definition) is 0. The third-order valence-electron chi connectivity index (χ3n) is 2.41. The number of rotatable bonds is 2. The molecule has 0 aliphatic carbocycles. The largest absolute Gasteiger partial charge is 0.299 e. The maximum atomic E-state index is 2.55. The molecular weight excluding hydrogens is 134 g/mol. The van der Waals surface area contributed by atoms with Gasteiger partial charge in [-0.05, 0) is 39.8 Å². The molecule has 0 aromatic heterocycles. The van der Waals surface area contributed by atoms with E-state index in [4.69, 9.17) is 0 Å². The van der Waals surface area contributed by atoms with Crippen molar-refractivity contribution in [3.63, 3.8) is 0 Å². The van der Waals surface area contributed by atoms with Crippen LogP contribution in [0.1, 0.15) is 33.1 Å². The standard InChI is InChI=1S/C10H19N/c1-3-10(2)9-11-7-5-4-6-8-11/h3H,4-9H2,1-2H3/b10-3+. The quantitative estimate of drug-likeness (QED) is 0.551. The van der Waals surface area contributed by atoms with Crippen molar-refractivity contribution in [1.29, 1.82) is 0 Å². The molecule has 0 aromatic rings. The molecule has 1 aliphatic heterocycles. The maximum Gasteiger partial charge on any atom is 0.0189 e. The van der Waals surface area contributed by atoms with Crippen LogP contribution in [0.25, 0.3) is 0 Å². The van der Waals surface area contributed by atoms with Crippen molar-refractivity contribution < 1.29 is 0 Å². The van der Waals surface area contributed by atoms with E-state index in [2.05, 4.69) is 24.8 Å². The molecule has 0 unspecified atom stereocenters. The van der Waals surface area contributed by atoms with Gasteiger partial charge >= 0.3 is 0 Å². The molecule has 1 aliphatic rings. The first-order chi connectivity index (χ1) is 5.33. The minimum atomic E-state index is 1.19. The summed E-state index contributed by atoms with van der Waals surface area (Å²) >= 11 is 0. The lowest BCUT2D eigenvalue weighted by Crippen LogP contribution is -2.30. The fourth-order valence-corrected chi connectivity index (χ4v) is 1.56. The van der Waals surface area contributed by atoms with Crippen LogP contribution >= 0.6 is 0 Å². The number of hydrogen-bond acceptors (Lipinski definition) is 1. The predicted molar refractivity (Wildman–Crippen MR) is 49.7 cm³/mol. The molecule has 0 aromatic carbocycles. The lowest BCUT2D eigenvalue weighted by molar-refractivity contribution is 0.246. The van der Waals surface area contributed by atoms with Crippen LogP contribution in [0.15, 0.2) is 11.6 Å². The highest BCUT2D eigenvalue weighted by molar-refractivity contribution is 4.98. The van der Waals surface area contributed by atoms with E-state index in [0.29, 0.717) is 0 Å². The van der Waals surface area contributed by atoms with Gasteiger partial charge in [0, 0.05) is 6.54 Å². The highest BCUT2D eigenvalue weighted by Gasteiger charge is 2.08. The smallest absolute Gasteiger partial charge is 0.0189 e. The Kier molecular flexibility index (Phi) is 3.64. The Morgan fingerprint density at radius 3 is 2.45 bits per heavy atom. The fourth-order valence-electron chi connectivity index (χ4n) is 1.56. The summed E-state index contributed by atoms with van der Waals surface area (Å²) in [4.78, 5) is 2.55. The Balaban J connectivity index is 2.24. The molecule has 0 saturated carbocycles. The minimum absolute atomic E-state index is 1.19. The fraction of sp³-hybridized carbons (Fsp3) is 0.800. The SMILES string of the molecule is C/C=C(\C)CN1CCCCC1. The minimum Gasteiger partial charge on any atom is -0.299 e. The van der Waals surface area contributed by atoms with E-state index < -0.39 is 0 Å². The van der Waals surface area contributed by atoms with Gasteiger partial charge in [-0.25, -0.2) is 0 Å². The summed E-state index contributed by atoms with van der Waals surface area (Å²) in [6.45, 7) is 8.15. The second-order valence-corrected chi connectivity index (χ2v) is 3.47. The zero-order chi connectivity index (χ0) is 8.10. The monoisotopic (exact) mass is 153 g/mol. The molecule has 1 heteroatoms. The van der Waals surface area contributed by atoms with E-state index in [1.165, 1.54) is 44.5 Å². The maximum absolute atomic E-state index is 2.55. The average Bonchev–Trinajstić information content (AvgIpc) is 2.06. The molecule has 0 bridgehead atoms. The van der Waals surface area contributed by atoms with Crippen LogP contribution in [0, 0.1) is 0 Å². The van der Waals surface area contributed by atoms with E-state index >= 15 is 0 Å². The van der Waals surface area contributed by atoms with Crippen molar-refractivity contribution >= 4 is 0 Å². The highest BCUT2D eigenvalue weighted by atomic mass is 15.1.